The first-order chi connectivity index (χ1) is 13.1. The first-order valence-corrected chi connectivity index (χ1v) is 9.96. The summed E-state index contributed by atoms with van der Waals surface area (Å²) >= 11 is 7.43. The van der Waals surface area contributed by atoms with Crippen LogP contribution >= 0.6 is 22.9 Å². The van der Waals surface area contributed by atoms with Crippen LogP contribution in [-0.4, -0.2) is 23.3 Å². The summed E-state index contributed by atoms with van der Waals surface area (Å²) in [6, 6.07) is 14.9. The van der Waals surface area contributed by atoms with Gasteiger partial charge in [0.05, 0.1) is 15.2 Å². The average molecular weight is 402 g/mol. The van der Waals surface area contributed by atoms with Gasteiger partial charge >= 0.3 is 0 Å². The van der Waals surface area contributed by atoms with Gasteiger partial charge in [-0.1, -0.05) is 23.7 Å². The molecule has 0 aliphatic rings. The minimum atomic E-state index is -0.0824. The van der Waals surface area contributed by atoms with Gasteiger partial charge < -0.3 is 10.6 Å². The Balaban J connectivity index is 1.32. The van der Waals surface area contributed by atoms with Crippen molar-refractivity contribution in [3.05, 3.63) is 58.6 Å². The Morgan fingerprint density at radius 1 is 1.00 bits per heavy atom. The quantitative estimate of drug-likeness (QED) is 0.549. The Bertz CT molecular complexity index is 891. The van der Waals surface area contributed by atoms with Crippen molar-refractivity contribution in [2.75, 3.05) is 11.9 Å². The molecule has 2 amide bonds. The zero-order valence-corrected chi connectivity index (χ0v) is 16.3. The van der Waals surface area contributed by atoms with Gasteiger partial charge in [-0.3, -0.25) is 9.59 Å². The average Bonchev–Trinajstić information content (AvgIpc) is 3.08. The summed E-state index contributed by atoms with van der Waals surface area (Å²) in [5.74, 6) is -0.103. The van der Waals surface area contributed by atoms with E-state index in [1.807, 2.05) is 24.3 Å². The molecular weight excluding hydrogens is 382 g/mol. The third-order valence-corrected chi connectivity index (χ3v) is 5.28. The first kappa shape index (κ1) is 19.3. The predicted octanol–water partition coefficient (Wildman–Crippen LogP) is 4.42. The van der Waals surface area contributed by atoms with Crippen molar-refractivity contribution in [2.24, 2.45) is 0 Å². The molecular formula is C20H20ClN3O2S. The van der Waals surface area contributed by atoms with E-state index in [0.717, 1.165) is 15.2 Å². The molecule has 3 aromatic rings. The van der Waals surface area contributed by atoms with Gasteiger partial charge in [0, 0.05) is 36.5 Å². The number of aromatic nitrogens is 1. The van der Waals surface area contributed by atoms with E-state index < -0.39 is 0 Å². The summed E-state index contributed by atoms with van der Waals surface area (Å²) in [7, 11) is 0. The highest BCUT2D eigenvalue weighted by Gasteiger charge is 2.07. The van der Waals surface area contributed by atoms with Crippen LogP contribution in [0.15, 0.2) is 48.5 Å². The predicted molar refractivity (Wildman–Crippen MR) is 110 cm³/mol. The number of hydrogen-bond acceptors (Lipinski definition) is 4. The minimum Gasteiger partial charge on any atom is -0.356 e. The van der Waals surface area contributed by atoms with E-state index in [1.54, 1.807) is 35.6 Å². The van der Waals surface area contributed by atoms with Gasteiger partial charge in [0.1, 0.15) is 0 Å². The van der Waals surface area contributed by atoms with Gasteiger partial charge in [-0.15, -0.1) is 11.3 Å². The maximum atomic E-state index is 12.0. The largest absolute Gasteiger partial charge is 0.356 e. The topological polar surface area (TPSA) is 71.1 Å². The third-order valence-electron chi connectivity index (χ3n) is 3.93. The number of fused-ring (bicyclic) bond motifs is 1. The van der Waals surface area contributed by atoms with Crippen LogP contribution in [0, 0.1) is 0 Å². The second-order valence-corrected chi connectivity index (χ2v) is 7.64. The Kier molecular flexibility index (Phi) is 6.79. The lowest BCUT2D eigenvalue weighted by atomic mass is 10.2. The number of anilines is 1. The smallest absolute Gasteiger partial charge is 0.224 e. The summed E-state index contributed by atoms with van der Waals surface area (Å²) in [5.41, 5.74) is 1.69. The van der Waals surface area contributed by atoms with Gasteiger partial charge in [-0.2, -0.15) is 0 Å². The number of rotatable bonds is 8. The van der Waals surface area contributed by atoms with Crippen LogP contribution in [0.4, 0.5) is 5.69 Å². The second kappa shape index (κ2) is 9.48. The van der Waals surface area contributed by atoms with Crippen molar-refractivity contribution >= 4 is 50.7 Å². The number of aryl methyl sites for hydroxylation is 1. The number of carbonyl (C=O) groups is 2. The molecule has 1 heterocycles. The number of thiazole rings is 1. The standard InChI is InChI=1S/C20H20ClN3O2S/c21-14-7-9-15(10-8-14)23-19(26)6-3-13-22-18(25)11-12-20-24-16-4-1-2-5-17(16)27-20/h1-2,4-5,7-10H,3,6,11-13H2,(H,22,25)(H,23,26). The number of carbonyl (C=O) groups excluding carboxylic acids is 2. The van der Waals surface area contributed by atoms with Crippen molar-refractivity contribution in [3.8, 4) is 0 Å². The number of nitrogens with zero attached hydrogens (tertiary/aromatic N) is 1. The van der Waals surface area contributed by atoms with Crippen molar-refractivity contribution in [2.45, 2.75) is 25.7 Å². The summed E-state index contributed by atoms with van der Waals surface area (Å²) in [6.07, 6.45) is 1.96. The molecule has 0 bridgehead atoms. The lowest BCUT2D eigenvalue weighted by Crippen LogP contribution is -2.25. The molecule has 0 aliphatic carbocycles. The fraction of sp³-hybridized carbons (Fsp3) is 0.250. The maximum absolute atomic E-state index is 12.0. The fourth-order valence-electron chi connectivity index (χ4n) is 2.57. The molecule has 140 valence electrons. The van der Waals surface area contributed by atoms with E-state index in [-0.39, 0.29) is 11.8 Å². The van der Waals surface area contributed by atoms with Crippen LogP contribution in [-0.2, 0) is 16.0 Å². The number of benzene rings is 2. The summed E-state index contributed by atoms with van der Waals surface area (Å²) in [6.45, 7) is 0.479. The maximum Gasteiger partial charge on any atom is 0.224 e. The Labute approximate surface area is 166 Å². The van der Waals surface area contributed by atoms with Crippen molar-refractivity contribution in [1.82, 2.24) is 10.3 Å². The molecule has 0 fully saturated rings. The number of hydrogen-bond donors (Lipinski definition) is 2. The van der Waals surface area contributed by atoms with E-state index in [1.165, 1.54) is 0 Å². The highest BCUT2D eigenvalue weighted by atomic mass is 35.5. The molecule has 0 unspecified atom stereocenters. The minimum absolute atomic E-state index is 0.0210. The van der Waals surface area contributed by atoms with Gasteiger partial charge in [-0.25, -0.2) is 4.98 Å². The molecule has 3 rings (SSSR count). The summed E-state index contributed by atoms with van der Waals surface area (Å²) < 4.78 is 1.14. The number of amides is 2. The number of halogens is 1. The highest BCUT2D eigenvalue weighted by Crippen LogP contribution is 2.22. The van der Waals surface area contributed by atoms with Gasteiger partial charge in [-0.05, 0) is 42.8 Å². The number of para-hydroxylation sites is 1. The van der Waals surface area contributed by atoms with Crippen LogP contribution in [0.5, 0.6) is 0 Å². The van der Waals surface area contributed by atoms with Gasteiger partial charge in [0.25, 0.3) is 0 Å². The molecule has 2 N–H and O–H groups in total. The van der Waals surface area contributed by atoms with Crippen LogP contribution < -0.4 is 10.6 Å². The normalized spacial score (nSPS) is 10.7. The molecule has 0 aliphatic heterocycles. The van der Waals surface area contributed by atoms with Crippen molar-refractivity contribution in [3.63, 3.8) is 0 Å². The van der Waals surface area contributed by atoms with E-state index in [9.17, 15) is 9.59 Å². The molecule has 1 aromatic heterocycles. The van der Waals surface area contributed by atoms with E-state index in [2.05, 4.69) is 15.6 Å². The van der Waals surface area contributed by atoms with Crippen LogP contribution in [0.2, 0.25) is 5.02 Å². The van der Waals surface area contributed by atoms with Crippen LogP contribution in [0.3, 0.4) is 0 Å². The molecule has 0 radical (unpaired) electrons. The van der Waals surface area contributed by atoms with Gasteiger partial charge in [0.15, 0.2) is 0 Å². The molecule has 0 spiro atoms. The monoisotopic (exact) mass is 401 g/mol. The van der Waals surface area contributed by atoms with Crippen molar-refractivity contribution in [1.29, 1.82) is 0 Å². The molecule has 5 nitrogen and oxygen atoms in total. The number of nitrogens with one attached hydrogen (secondary N) is 2. The highest BCUT2D eigenvalue weighted by molar-refractivity contribution is 7.18. The van der Waals surface area contributed by atoms with E-state index in [4.69, 9.17) is 11.6 Å². The van der Waals surface area contributed by atoms with Crippen LogP contribution in [0.1, 0.15) is 24.3 Å². The SMILES string of the molecule is O=C(CCc1nc2ccccc2s1)NCCCC(=O)Nc1ccc(Cl)cc1. The van der Waals surface area contributed by atoms with E-state index >= 15 is 0 Å². The van der Waals surface area contributed by atoms with Gasteiger partial charge in [0.2, 0.25) is 11.8 Å². The van der Waals surface area contributed by atoms with Crippen molar-refractivity contribution < 1.29 is 9.59 Å². The van der Waals surface area contributed by atoms with Crippen LogP contribution in [0.25, 0.3) is 10.2 Å². The summed E-state index contributed by atoms with van der Waals surface area (Å²) in [5, 5.41) is 7.25. The third kappa shape index (κ3) is 6.05. The molecule has 2 aromatic carbocycles. The summed E-state index contributed by atoms with van der Waals surface area (Å²) in [4.78, 5) is 28.4. The first-order valence-electron chi connectivity index (χ1n) is 8.77. The Morgan fingerprint density at radius 2 is 1.78 bits per heavy atom. The zero-order valence-electron chi connectivity index (χ0n) is 14.7. The zero-order chi connectivity index (χ0) is 19.1. The Hall–Kier alpha value is -2.44. The van der Waals surface area contributed by atoms with E-state index in [0.29, 0.717) is 42.9 Å². The molecule has 0 atom stereocenters. The molecule has 7 heteroatoms. The molecule has 0 saturated heterocycles. The lowest BCUT2D eigenvalue weighted by Gasteiger charge is -2.06. The molecule has 27 heavy (non-hydrogen) atoms. The lowest BCUT2D eigenvalue weighted by molar-refractivity contribution is -0.121. The second-order valence-electron chi connectivity index (χ2n) is 6.08. The molecule has 0 saturated carbocycles. The Morgan fingerprint density at radius 3 is 2.56 bits per heavy atom. The fourth-order valence-corrected chi connectivity index (χ4v) is 3.66.